The van der Waals surface area contributed by atoms with Gasteiger partial charge in [-0.1, -0.05) is 18.2 Å². The van der Waals surface area contributed by atoms with Crippen LogP contribution in [0.4, 0.5) is 5.69 Å². The fourth-order valence-corrected chi connectivity index (χ4v) is 1.44. The Labute approximate surface area is 97.7 Å². The third-order valence-electron chi connectivity index (χ3n) is 2.94. The summed E-state index contributed by atoms with van der Waals surface area (Å²) in [6.45, 7) is 2.78. The van der Waals surface area contributed by atoms with E-state index in [1.807, 2.05) is 39.2 Å². The normalized spacial score (nSPS) is 13.9. The third kappa shape index (κ3) is 3.25. The molecule has 3 heteroatoms. The standard InChI is InChI=1S/C13H19N3/c1-13(11-14,15-2)9-10-16(3)12-7-5-4-6-8-12/h4-8,15H,9-10H2,1-3H3. The zero-order valence-corrected chi connectivity index (χ0v) is 10.2. The first kappa shape index (κ1) is 12.5. The molecule has 0 aromatic heterocycles. The van der Waals surface area contributed by atoms with Gasteiger partial charge in [-0.05, 0) is 32.5 Å². The molecular formula is C13H19N3. The monoisotopic (exact) mass is 217 g/mol. The number of nitrogens with zero attached hydrogens (tertiary/aromatic N) is 2. The number of nitriles is 1. The van der Waals surface area contributed by atoms with E-state index in [-0.39, 0.29) is 0 Å². The first-order valence-electron chi connectivity index (χ1n) is 5.47. The summed E-state index contributed by atoms with van der Waals surface area (Å²) in [5, 5.41) is 12.1. The van der Waals surface area contributed by atoms with Crippen molar-refractivity contribution in [2.45, 2.75) is 18.9 Å². The molecule has 0 spiro atoms. The topological polar surface area (TPSA) is 39.1 Å². The molecule has 3 nitrogen and oxygen atoms in total. The van der Waals surface area contributed by atoms with Crippen LogP contribution in [0, 0.1) is 11.3 Å². The van der Waals surface area contributed by atoms with Crippen molar-refractivity contribution < 1.29 is 0 Å². The van der Waals surface area contributed by atoms with Crippen molar-refractivity contribution in [2.75, 3.05) is 25.5 Å². The SMILES string of the molecule is CNC(C)(C#N)CCN(C)c1ccccc1. The van der Waals surface area contributed by atoms with Crippen molar-refractivity contribution in [2.24, 2.45) is 0 Å². The van der Waals surface area contributed by atoms with Crippen molar-refractivity contribution in [3.63, 3.8) is 0 Å². The van der Waals surface area contributed by atoms with E-state index < -0.39 is 5.54 Å². The molecule has 1 unspecified atom stereocenters. The van der Waals surface area contributed by atoms with Crippen LogP contribution in [0.3, 0.4) is 0 Å². The Kier molecular flexibility index (Phi) is 4.33. The molecule has 86 valence electrons. The van der Waals surface area contributed by atoms with Crippen molar-refractivity contribution in [3.05, 3.63) is 30.3 Å². The summed E-state index contributed by atoms with van der Waals surface area (Å²) < 4.78 is 0. The van der Waals surface area contributed by atoms with E-state index in [1.54, 1.807) is 0 Å². The van der Waals surface area contributed by atoms with Gasteiger partial charge in [-0.25, -0.2) is 0 Å². The molecule has 0 saturated heterocycles. The van der Waals surface area contributed by atoms with Gasteiger partial charge in [-0.3, -0.25) is 0 Å². The lowest BCUT2D eigenvalue weighted by molar-refractivity contribution is 0.458. The van der Waals surface area contributed by atoms with Crippen LogP contribution in [0.1, 0.15) is 13.3 Å². The molecule has 1 rings (SSSR count). The van der Waals surface area contributed by atoms with Gasteiger partial charge >= 0.3 is 0 Å². The number of para-hydroxylation sites is 1. The van der Waals surface area contributed by atoms with Gasteiger partial charge < -0.3 is 10.2 Å². The number of hydrogen-bond donors (Lipinski definition) is 1. The molecule has 0 aliphatic carbocycles. The van der Waals surface area contributed by atoms with Gasteiger partial charge in [0.2, 0.25) is 0 Å². The average Bonchev–Trinajstić information content (AvgIpc) is 2.36. The first-order valence-corrected chi connectivity index (χ1v) is 5.47. The summed E-state index contributed by atoms with van der Waals surface area (Å²) >= 11 is 0. The van der Waals surface area contributed by atoms with Crippen LogP contribution in [0.5, 0.6) is 0 Å². The van der Waals surface area contributed by atoms with E-state index in [2.05, 4.69) is 28.4 Å². The Morgan fingerprint density at radius 1 is 1.38 bits per heavy atom. The van der Waals surface area contributed by atoms with Crippen LogP contribution in [0.2, 0.25) is 0 Å². The van der Waals surface area contributed by atoms with E-state index in [9.17, 15) is 0 Å². The second-order valence-corrected chi connectivity index (χ2v) is 4.20. The van der Waals surface area contributed by atoms with Gasteiger partial charge in [-0.2, -0.15) is 5.26 Å². The summed E-state index contributed by atoms with van der Waals surface area (Å²) in [5.41, 5.74) is 0.738. The lowest BCUT2D eigenvalue weighted by atomic mass is 10.00. The Bertz CT molecular complexity index is 355. The Balaban J connectivity index is 2.54. The summed E-state index contributed by atoms with van der Waals surface area (Å²) in [4.78, 5) is 2.16. The van der Waals surface area contributed by atoms with Crippen molar-refractivity contribution >= 4 is 5.69 Å². The number of nitrogens with one attached hydrogen (secondary N) is 1. The van der Waals surface area contributed by atoms with Gasteiger partial charge in [0.15, 0.2) is 0 Å². The predicted octanol–water partition coefficient (Wildman–Crippen LogP) is 2.01. The predicted molar refractivity (Wildman–Crippen MR) is 67.4 cm³/mol. The first-order chi connectivity index (χ1) is 7.61. The Hall–Kier alpha value is -1.53. The summed E-state index contributed by atoms with van der Waals surface area (Å²) in [7, 11) is 3.87. The molecule has 0 aliphatic heterocycles. The molecule has 1 atom stereocenters. The van der Waals surface area contributed by atoms with E-state index >= 15 is 0 Å². The minimum atomic E-state index is -0.441. The van der Waals surface area contributed by atoms with Crippen molar-refractivity contribution in [1.29, 1.82) is 5.26 Å². The number of anilines is 1. The summed E-state index contributed by atoms with van der Waals surface area (Å²) in [5.74, 6) is 0. The second-order valence-electron chi connectivity index (χ2n) is 4.20. The quantitative estimate of drug-likeness (QED) is 0.820. The highest BCUT2D eigenvalue weighted by molar-refractivity contribution is 5.44. The van der Waals surface area contributed by atoms with Crippen LogP contribution in [-0.4, -0.2) is 26.2 Å². The minimum absolute atomic E-state index is 0.441. The second kappa shape index (κ2) is 5.53. The van der Waals surface area contributed by atoms with E-state index in [0.717, 1.165) is 13.0 Å². The number of hydrogen-bond acceptors (Lipinski definition) is 3. The molecule has 16 heavy (non-hydrogen) atoms. The van der Waals surface area contributed by atoms with Crippen LogP contribution in [0.25, 0.3) is 0 Å². The average molecular weight is 217 g/mol. The highest BCUT2D eigenvalue weighted by Gasteiger charge is 2.21. The van der Waals surface area contributed by atoms with Gasteiger partial charge in [0.1, 0.15) is 5.54 Å². The van der Waals surface area contributed by atoms with Crippen molar-refractivity contribution in [1.82, 2.24) is 5.32 Å². The number of benzene rings is 1. The molecule has 1 N–H and O–H groups in total. The van der Waals surface area contributed by atoms with Gasteiger partial charge in [0.25, 0.3) is 0 Å². The highest BCUT2D eigenvalue weighted by atomic mass is 15.1. The van der Waals surface area contributed by atoms with Crippen LogP contribution in [-0.2, 0) is 0 Å². The zero-order chi connectivity index (χ0) is 12.0. The molecule has 1 aromatic rings. The minimum Gasteiger partial charge on any atom is -0.374 e. The summed E-state index contributed by atoms with van der Waals surface area (Å²) in [6.07, 6.45) is 0.797. The van der Waals surface area contributed by atoms with E-state index in [4.69, 9.17) is 5.26 Å². The molecule has 0 saturated carbocycles. The van der Waals surface area contributed by atoms with Gasteiger partial charge in [-0.15, -0.1) is 0 Å². The maximum atomic E-state index is 9.04. The molecule has 0 amide bonds. The molecule has 0 aliphatic rings. The molecular weight excluding hydrogens is 198 g/mol. The van der Waals surface area contributed by atoms with Crippen LogP contribution < -0.4 is 10.2 Å². The highest BCUT2D eigenvalue weighted by Crippen LogP contribution is 2.14. The van der Waals surface area contributed by atoms with Gasteiger partial charge in [0.05, 0.1) is 6.07 Å². The molecule has 1 aromatic carbocycles. The van der Waals surface area contributed by atoms with Crippen molar-refractivity contribution in [3.8, 4) is 6.07 Å². The maximum absolute atomic E-state index is 9.04. The van der Waals surface area contributed by atoms with Crippen LogP contribution in [0.15, 0.2) is 30.3 Å². The molecule has 0 fully saturated rings. The zero-order valence-electron chi connectivity index (χ0n) is 10.2. The smallest absolute Gasteiger partial charge is 0.105 e. The largest absolute Gasteiger partial charge is 0.374 e. The molecule has 0 bridgehead atoms. The lowest BCUT2D eigenvalue weighted by Gasteiger charge is -2.25. The third-order valence-corrected chi connectivity index (χ3v) is 2.94. The Morgan fingerprint density at radius 2 is 2.00 bits per heavy atom. The van der Waals surface area contributed by atoms with Gasteiger partial charge in [0, 0.05) is 19.3 Å². The lowest BCUT2D eigenvalue weighted by Crippen LogP contribution is -2.41. The van der Waals surface area contributed by atoms with E-state index in [1.165, 1.54) is 5.69 Å². The fourth-order valence-electron chi connectivity index (χ4n) is 1.44. The molecule has 0 heterocycles. The fraction of sp³-hybridized carbons (Fsp3) is 0.462. The maximum Gasteiger partial charge on any atom is 0.105 e. The van der Waals surface area contributed by atoms with Crippen LogP contribution >= 0.6 is 0 Å². The van der Waals surface area contributed by atoms with E-state index in [0.29, 0.717) is 0 Å². The molecule has 0 radical (unpaired) electrons. The number of rotatable bonds is 5. The Morgan fingerprint density at radius 3 is 2.50 bits per heavy atom. The summed E-state index contributed by atoms with van der Waals surface area (Å²) in [6, 6.07) is 12.5.